The first-order chi connectivity index (χ1) is 28.8. The largest absolute Gasteiger partial charge is 0.333 e. The summed E-state index contributed by atoms with van der Waals surface area (Å²) in [6.07, 6.45) is 7.16. The third-order valence-electron chi connectivity index (χ3n) is 11.7. The first-order valence-corrected chi connectivity index (χ1v) is 20.0. The SMILES string of the molecule is C1=CC2C(C=C1N(c1ccccc1)c1ccc(N(c3ccccc3)c3ccc4c(c3)c3ccccc3n4-c3ccccc3)cc1)c1ccccc1N2c1ccccc1. The second-order valence-electron chi connectivity index (χ2n) is 15.0. The molecule has 4 nitrogen and oxygen atoms in total. The molecule has 0 fully saturated rings. The van der Waals surface area contributed by atoms with Gasteiger partial charge in [0.25, 0.3) is 0 Å². The molecule has 0 saturated heterocycles. The van der Waals surface area contributed by atoms with Crippen LogP contribution >= 0.6 is 0 Å². The van der Waals surface area contributed by atoms with Gasteiger partial charge in [-0.25, -0.2) is 0 Å². The average molecular weight is 745 g/mol. The highest BCUT2D eigenvalue weighted by molar-refractivity contribution is 6.10. The molecule has 1 aliphatic heterocycles. The van der Waals surface area contributed by atoms with Crippen LogP contribution in [0.15, 0.2) is 236 Å². The van der Waals surface area contributed by atoms with Crippen molar-refractivity contribution < 1.29 is 0 Å². The Bertz CT molecular complexity index is 2950. The number of aromatic nitrogens is 1. The maximum absolute atomic E-state index is 2.49. The minimum atomic E-state index is 0.196. The highest BCUT2D eigenvalue weighted by Crippen LogP contribution is 2.49. The van der Waals surface area contributed by atoms with Gasteiger partial charge in [-0.05, 0) is 115 Å². The number of hydrogen-bond donors (Lipinski definition) is 0. The van der Waals surface area contributed by atoms with Crippen molar-refractivity contribution in [3.63, 3.8) is 0 Å². The molecule has 0 N–H and O–H groups in total. The van der Waals surface area contributed by atoms with Crippen LogP contribution in [0.3, 0.4) is 0 Å². The Morgan fingerprint density at radius 2 is 0.914 bits per heavy atom. The molecular formula is C54H40N4. The van der Waals surface area contributed by atoms with Crippen LogP contribution in [0.4, 0.5) is 39.8 Å². The smallest absolute Gasteiger partial charge is 0.0631 e. The van der Waals surface area contributed by atoms with Gasteiger partial charge in [0.2, 0.25) is 0 Å². The lowest BCUT2D eigenvalue weighted by molar-refractivity contribution is 0.736. The normalized spacial score (nSPS) is 15.6. The molecule has 8 aromatic carbocycles. The fourth-order valence-corrected chi connectivity index (χ4v) is 9.13. The predicted octanol–water partition coefficient (Wildman–Crippen LogP) is 14.1. The van der Waals surface area contributed by atoms with Crippen LogP contribution in [0.1, 0.15) is 11.5 Å². The summed E-state index contributed by atoms with van der Waals surface area (Å²) in [5.74, 6) is 0.207. The van der Waals surface area contributed by atoms with Gasteiger partial charge in [-0.1, -0.05) is 121 Å². The lowest BCUT2D eigenvalue weighted by Crippen LogP contribution is -2.30. The van der Waals surface area contributed by atoms with E-state index in [4.69, 9.17) is 0 Å². The van der Waals surface area contributed by atoms with Gasteiger partial charge in [0, 0.05) is 67.9 Å². The highest BCUT2D eigenvalue weighted by Gasteiger charge is 2.38. The van der Waals surface area contributed by atoms with E-state index < -0.39 is 0 Å². The van der Waals surface area contributed by atoms with Crippen LogP contribution in [0.25, 0.3) is 27.5 Å². The van der Waals surface area contributed by atoms with E-state index >= 15 is 0 Å². The summed E-state index contributed by atoms with van der Waals surface area (Å²) in [7, 11) is 0. The Labute approximate surface area is 339 Å². The standard InChI is InChI=1S/C54H40N4/c1-5-17-39(18-6-1)55(45-33-35-53-49(37-45)47-25-13-15-27-51(47)57(53)41-21-9-3-10-22-41)43-29-31-44(32-30-43)56(40-19-7-2-8-20-40)46-34-36-54-50(38-46)48-26-14-16-28-52(48)58(54)42-23-11-4-12-24-42/h1-38,49,53H. The van der Waals surface area contributed by atoms with Crippen LogP contribution in [-0.4, -0.2) is 10.6 Å². The van der Waals surface area contributed by atoms with Crippen molar-refractivity contribution in [2.75, 3.05) is 14.7 Å². The molecule has 0 amide bonds. The van der Waals surface area contributed by atoms with Gasteiger partial charge in [0.05, 0.1) is 17.1 Å². The molecule has 11 rings (SSSR count). The number of allylic oxidation sites excluding steroid dienone is 1. The van der Waals surface area contributed by atoms with Gasteiger partial charge in [0.1, 0.15) is 0 Å². The number of benzene rings is 8. The molecule has 0 radical (unpaired) electrons. The van der Waals surface area contributed by atoms with E-state index in [1.807, 2.05) is 0 Å². The Kier molecular flexibility index (Phi) is 8.25. The summed E-state index contributed by atoms with van der Waals surface area (Å²) in [6.45, 7) is 0. The molecule has 2 atom stereocenters. The van der Waals surface area contributed by atoms with Crippen LogP contribution in [0.5, 0.6) is 0 Å². The number of anilines is 7. The molecule has 0 saturated carbocycles. The topological polar surface area (TPSA) is 14.7 Å². The molecule has 2 heterocycles. The van der Waals surface area contributed by atoms with E-state index in [2.05, 4.69) is 250 Å². The first-order valence-electron chi connectivity index (χ1n) is 20.0. The monoisotopic (exact) mass is 744 g/mol. The summed E-state index contributed by atoms with van der Waals surface area (Å²) in [5.41, 5.74) is 14.1. The molecule has 0 bridgehead atoms. The third kappa shape index (κ3) is 5.69. The zero-order valence-electron chi connectivity index (χ0n) is 31.9. The van der Waals surface area contributed by atoms with E-state index in [0.717, 1.165) is 39.8 Å². The van der Waals surface area contributed by atoms with Crippen LogP contribution < -0.4 is 14.7 Å². The van der Waals surface area contributed by atoms with Gasteiger partial charge in [-0.15, -0.1) is 0 Å². The van der Waals surface area contributed by atoms with Gasteiger partial charge < -0.3 is 19.3 Å². The minimum absolute atomic E-state index is 0.196. The van der Waals surface area contributed by atoms with Gasteiger partial charge in [-0.3, -0.25) is 0 Å². The summed E-state index contributed by atoms with van der Waals surface area (Å²) in [6, 6.07) is 76.5. The van der Waals surface area contributed by atoms with E-state index in [0.29, 0.717) is 0 Å². The van der Waals surface area contributed by atoms with Crippen molar-refractivity contribution in [1.82, 2.24) is 4.57 Å². The molecule has 2 aliphatic rings. The zero-order valence-corrected chi connectivity index (χ0v) is 31.9. The summed E-state index contributed by atoms with van der Waals surface area (Å²) in [4.78, 5) is 7.24. The van der Waals surface area contributed by atoms with Gasteiger partial charge in [0.15, 0.2) is 0 Å². The van der Waals surface area contributed by atoms with Gasteiger partial charge in [-0.2, -0.15) is 0 Å². The second-order valence-corrected chi connectivity index (χ2v) is 15.0. The molecule has 0 spiro atoms. The average Bonchev–Trinajstić information content (AvgIpc) is 3.81. The van der Waals surface area contributed by atoms with Crippen molar-refractivity contribution in [2.24, 2.45) is 0 Å². The Balaban J connectivity index is 1.00. The molecule has 2 unspecified atom stereocenters. The molecule has 58 heavy (non-hydrogen) atoms. The molecule has 1 aliphatic carbocycles. The fraction of sp³-hybridized carbons (Fsp3) is 0.0370. The zero-order chi connectivity index (χ0) is 38.4. The number of fused-ring (bicyclic) bond motifs is 6. The Hall–Kier alpha value is -7.56. The fourth-order valence-electron chi connectivity index (χ4n) is 9.13. The molecule has 276 valence electrons. The lowest BCUT2D eigenvalue weighted by Gasteiger charge is -2.33. The Morgan fingerprint density at radius 1 is 0.397 bits per heavy atom. The van der Waals surface area contributed by atoms with Crippen molar-refractivity contribution >= 4 is 61.6 Å². The van der Waals surface area contributed by atoms with E-state index in [1.165, 1.54) is 38.7 Å². The van der Waals surface area contributed by atoms with E-state index in [1.54, 1.807) is 0 Å². The first kappa shape index (κ1) is 33.8. The third-order valence-corrected chi connectivity index (χ3v) is 11.7. The highest BCUT2D eigenvalue weighted by atomic mass is 15.2. The predicted molar refractivity (Wildman–Crippen MR) is 243 cm³/mol. The van der Waals surface area contributed by atoms with E-state index in [9.17, 15) is 0 Å². The maximum Gasteiger partial charge on any atom is 0.0631 e. The van der Waals surface area contributed by atoms with Crippen molar-refractivity contribution in [2.45, 2.75) is 12.0 Å². The summed E-state index contributed by atoms with van der Waals surface area (Å²) < 4.78 is 2.37. The number of para-hydroxylation sites is 6. The van der Waals surface area contributed by atoms with Crippen LogP contribution in [0.2, 0.25) is 0 Å². The Morgan fingerprint density at radius 3 is 1.62 bits per heavy atom. The maximum atomic E-state index is 2.49. The number of nitrogens with zero attached hydrogens (tertiary/aromatic N) is 4. The number of hydrogen-bond acceptors (Lipinski definition) is 3. The van der Waals surface area contributed by atoms with Crippen LogP contribution in [-0.2, 0) is 0 Å². The van der Waals surface area contributed by atoms with Crippen molar-refractivity contribution in [3.05, 3.63) is 242 Å². The summed E-state index contributed by atoms with van der Waals surface area (Å²) in [5, 5.41) is 2.45. The van der Waals surface area contributed by atoms with Gasteiger partial charge >= 0.3 is 0 Å². The van der Waals surface area contributed by atoms with Crippen LogP contribution in [0, 0.1) is 0 Å². The molecule has 9 aromatic rings. The number of rotatable bonds is 8. The van der Waals surface area contributed by atoms with Crippen molar-refractivity contribution in [3.8, 4) is 5.69 Å². The molecule has 4 heteroatoms. The molecular weight excluding hydrogens is 705 g/mol. The summed E-state index contributed by atoms with van der Waals surface area (Å²) >= 11 is 0. The minimum Gasteiger partial charge on any atom is -0.333 e. The quantitative estimate of drug-likeness (QED) is 0.154. The van der Waals surface area contributed by atoms with Crippen molar-refractivity contribution in [1.29, 1.82) is 0 Å². The van der Waals surface area contributed by atoms with E-state index in [-0.39, 0.29) is 12.0 Å². The molecule has 1 aromatic heterocycles. The second kappa shape index (κ2) is 14.2. The lowest BCUT2D eigenvalue weighted by atomic mass is 9.89.